The van der Waals surface area contributed by atoms with Crippen LogP contribution in [0.1, 0.15) is 6.92 Å². The minimum atomic E-state index is -4.61. The summed E-state index contributed by atoms with van der Waals surface area (Å²) in [6, 6.07) is 3.52. The third kappa shape index (κ3) is 3.76. The van der Waals surface area contributed by atoms with Crippen molar-refractivity contribution in [2.75, 3.05) is 25.9 Å². The van der Waals surface area contributed by atoms with Crippen molar-refractivity contribution in [2.24, 2.45) is 0 Å². The van der Waals surface area contributed by atoms with Gasteiger partial charge in [0.15, 0.2) is 0 Å². The highest BCUT2D eigenvalue weighted by Crippen LogP contribution is 2.28. The van der Waals surface area contributed by atoms with Gasteiger partial charge in [-0.2, -0.15) is 17.5 Å². The van der Waals surface area contributed by atoms with Gasteiger partial charge in [-0.05, 0) is 12.1 Å². The van der Waals surface area contributed by atoms with E-state index in [-0.39, 0.29) is 22.9 Å². The molecule has 0 amide bonds. The van der Waals surface area contributed by atoms with E-state index in [2.05, 4.69) is 0 Å². The van der Waals surface area contributed by atoms with E-state index in [1.807, 2.05) is 0 Å². The Balaban J connectivity index is 3.20. The standard InChI is InChI=1S/C11H15F3N2O3S/c1-3-16(7-11(12,13)14)20(17,18)8-4-5-9(15)10(6-8)19-2/h4-6H,3,7,15H2,1-2H3. The normalized spacial score (nSPS) is 12.7. The Morgan fingerprint density at radius 3 is 2.40 bits per heavy atom. The van der Waals surface area contributed by atoms with E-state index in [4.69, 9.17) is 10.5 Å². The van der Waals surface area contributed by atoms with Gasteiger partial charge < -0.3 is 10.5 Å². The van der Waals surface area contributed by atoms with Crippen LogP contribution in [0.15, 0.2) is 23.1 Å². The first kappa shape index (κ1) is 16.6. The summed E-state index contributed by atoms with van der Waals surface area (Å²) in [5.74, 6) is 0.0918. The van der Waals surface area contributed by atoms with E-state index in [1.54, 1.807) is 0 Å². The van der Waals surface area contributed by atoms with Crippen LogP contribution in [-0.2, 0) is 10.0 Å². The van der Waals surface area contributed by atoms with E-state index in [1.165, 1.54) is 20.1 Å². The molecule has 5 nitrogen and oxygen atoms in total. The fourth-order valence-corrected chi connectivity index (χ4v) is 3.02. The van der Waals surface area contributed by atoms with Crippen molar-refractivity contribution >= 4 is 15.7 Å². The third-order valence-corrected chi connectivity index (χ3v) is 4.47. The lowest BCUT2D eigenvalue weighted by Crippen LogP contribution is -2.38. The maximum absolute atomic E-state index is 12.4. The molecule has 114 valence electrons. The quantitative estimate of drug-likeness (QED) is 0.842. The number of hydrogen-bond donors (Lipinski definition) is 1. The average molecular weight is 312 g/mol. The molecule has 0 spiro atoms. The van der Waals surface area contributed by atoms with Gasteiger partial charge >= 0.3 is 6.18 Å². The summed E-state index contributed by atoms with van der Waals surface area (Å²) in [7, 11) is -2.97. The van der Waals surface area contributed by atoms with Crippen molar-refractivity contribution in [1.29, 1.82) is 0 Å². The molecule has 20 heavy (non-hydrogen) atoms. The number of hydrogen-bond acceptors (Lipinski definition) is 4. The van der Waals surface area contributed by atoms with Crippen LogP contribution >= 0.6 is 0 Å². The van der Waals surface area contributed by atoms with Gasteiger partial charge in [0.25, 0.3) is 0 Å². The molecule has 0 atom stereocenters. The zero-order chi connectivity index (χ0) is 15.6. The Labute approximate surface area is 115 Å². The lowest BCUT2D eigenvalue weighted by molar-refractivity contribution is -0.135. The summed E-state index contributed by atoms with van der Waals surface area (Å²) < 4.78 is 66.7. The van der Waals surface area contributed by atoms with Gasteiger partial charge in [0.2, 0.25) is 10.0 Å². The number of alkyl halides is 3. The molecule has 0 aromatic heterocycles. The second kappa shape index (κ2) is 5.88. The second-order valence-corrected chi connectivity index (χ2v) is 5.89. The summed E-state index contributed by atoms with van der Waals surface area (Å²) in [5.41, 5.74) is 5.74. The Morgan fingerprint density at radius 1 is 1.35 bits per heavy atom. The molecule has 0 bridgehead atoms. The maximum Gasteiger partial charge on any atom is 0.402 e. The van der Waals surface area contributed by atoms with Crippen molar-refractivity contribution in [3.05, 3.63) is 18.2 Å². The molecule has 0 aliphatic heterocycles. The van der Waals surface area contributed by atoms with E-state index in [0.29, 0.717) is 4.31 Å². The number of benzene rings is 1. The molecule has 0 aliphatic carbocycles. The van der Waals surface area contributed by atoms with Crippen LogP contribution < -0.4 is 10.5 Å². The molecule has 1 aromatic rings. The molecular formula is C11H15F3N2O3S. The molecule has 1 rings (SSSR count). The Hall–Kier alpha value is -1.48. The van der Waals surface area contributed by atoms with Crippen molar-refractivity contribution < 1.29 is 26.3 Å². The highest BCUT2D eigenvalue weighted by Gasteiger charge is 2.36. The molecule has 0 saturated heterocycles. The number of nitrogens with zero attached hydrogens (tertiary/aromatic N) is 1. The number of rotatable bonds is 5. The topological polar surface area (TPSA) is 72.6 Å². The number of anilines is 1. The molecule has 1 aromatic carbocycles. The van der Waals surface area contributed by atoms with Crippen LogP contribution in [0.3, 0.4) is 0 Å². The van der Waals surface area contributed by atoms with Gasteiger partial charge in [-0.1, -0.05) is 6.92 Å². The Bertz CT molecular complexity index is 573. The molecule has 0 saturated carbocycles. The lowest BCUT2D eigenvalue weighted by Gasteiger charge is -2.22. The zero-order valence-corrected chi connectivity index (χ0v) is 11.8. The number of nitrogens with two attached hydrogens (primary N) is 1. The summed E-state index contributed by atoms with van der Waals surface area (Å²) in [6.07, 6.45) is -4.61. The van der Waals surface area contributed by atoms with Gasteiger partial charge in [0.05, 0.1) is 17.7 Å². The number of sulfonamides is 1. The molecule has 0 aliphatic rings. The first-order valence-electron chi connectivity index (χ1n) is 5.62. The third-order valence-electron chi connectivity index (χ3n) is 2.55. The van der Waals surface area contributed by atoms with Gasteiger partial charge in [0, 0.05) is 12.6 Å². The van der Waals surface area contributed by atoms with Crippen LogP contribution in [0.25, 0.3) is 0 Å². The number of nitrogen functional groups attached to an aromatic ring is 1. The molecule has 0 heterocycles. The summed E-state index contributed by atoms with van der Waals surface area (Å²) >= 11 is 0. The van der Waals surface area contributed by atoms with Crippen molar-refractivity contribution in [3.8, 4) is 5.75 Å². The minimum Gasteiger partial charge on any atom is -0.495 e. The first-order chi connectivity index (χ1) is 9.11. The zero-order valence-electron chi connectivity index (χ0n) is 10.9. The SMILES string of the molecule is CCN(CC(F)(F)F)S(=O)(=O)c1ccc(N)c(OC)c1. The van der Waals surface area contributed by atoms with Crippen LogP contribution in [0.5, 0.6) is 5.75 Å². The number of methoxy groups -OCH3 is 1. The average Bonchev–Trinajstić information content (AvgIpc) is 2.35. The fourth-order valence-electron chi connectivity index (χ4n) is 1.57. The lowest BCUT2D eigenvalue weighted by atomic mass is 10.3. The molecule has 0 fully saturated rings. The van der Waals surface area contributed by atoms with Gasteiger partial charge in [-0.15, -0.1) is 0 Å². The monoisotopic (exact) mass is 312 g/mol. The first-order valence-corrected chi connectivity index (χ1v) is 7.06. The summed E-state index contributed by atoms with van der Waals surface area (Å²) in [4.78, 5) is -0.297. The van der Waals surface area contributed by atoms with E-state index >= 15 is 0 Å². The van der Waals surface area contributed by atoms with Gasteiger partial charge in [-0.25, -0.2) is 8.42 Å². The van der Waals surface area contributed by atoms with Gasteiger partial charge in [0.1, 0.15) is 12.3 Å². The van der Waals surface area contributed by atoms with Crippen molar-refractivity contribution in [3.63, 3.8) is 0 Å². The van der Waals surface area contributed by atoms with Crippen LogP contribution in [-0.4, -0.2) is 39.1 Å². The van der Waals surface area contributed by atoms with E-state index < -0.39 is 22.7 Å². The Kier molecular flexibility index (Phi) is 4.87. The fraction of sp³-hybridized carbons (Fsp3) is 0.455. The highest BCUT2D eigenvalue weighted by molar-refractivity contribution is 7.89. The van der Waals surface area contributed by atoms with Crippen molar-refractivity contribution in [1.82, 2.24) is 4.31 Å². The molecular weight excluding hydrogens is 297 g/mol. The largest absolute Gasteiger partial charge is 0.495 e. The number of halogens is 3. The Morgan fingerprint density at radius 2 is 1.95 bits per heavy atom. The predicted molar refractivity (Wildman–Crippen MR) is 67.9 cm³/mol. The smallest absolute Gasteiger partial charge is 0.402 e. The maximum atomic E-state index is 12.4. The minimum absolute atomic E-state index is 0.0918. The van der Waals surface area contributed by atoms with Crippen molar-refractivity contribution in [2.45, 2.75) is 18.0 Å². The summed E-state index contributed by atoms with van der Waals surface area (Å²) in [6.45, 7) is -0.509. The second-order valence-electron chi connectivity index (χ2n) is 3.95. The highest BCUT2D eigenvalue weighted by atomic mass is 32.2. The molecule has 0 unspecified atom stereocenters. The molecule has 9 heteroatoms. The molecule has 2 N–H and O–H groups in total. The molecule has 0 radical (unpaired) electrons. The number of ether oxygens (including phenoxy) is 1. The summed E-state index contributed by atoms with van der Waals surface area (Å²) in [5, 5.41) is 0. The van der Waals surface area contributed by atoms with Crippen LogP contribution in [0.4, 0.5) is 18.9 Å². The predicted octanol–water partition coefficient (Wildman–Crippen LogP) is 1.85. The van der Waals surface area contributed by atoms with Crippen LogP contribution in [0, 0.1) is 0 Å². The van der Waals surface area contributed by atoms with Gasteiger partial charge in [-0.3, -0.25) is 0 Å². The van der Waals surface area contributed by atoms with E-state index in [0.717, 1.165) is 12.1 Å². The van der Waals surface area contributed by atoms with E-state index in [9.17, 15) is 21.6 Å². The van der Waals surface area contributed by atoms with Crippen LogP contribution in [0.2, 0.25) is 0 Å².